The van der Waals surface area contributed by atoms with Gasteiger partial charge in [0.2, 0.25) is 0 Å². The van der Waals surface area contributed by atoms with E-state index in [4.69, 9.17) is 5.26 Å². The molecule has 0 bridgehead atoms. The summed E-state index contributed by atoms with van der Waals surface area (Å²) in [6.07, 6.45) is 3.91. The molecule has 1 fully saturated rings. The third kappa shape index (κ3) is 3.82. The Morgan fingerprint density at radius 2 is 1.84 bits per heavy atom. The van der Waals surface area contributed by atoms with Crippen LogP contribution in [-0.2, 0) is 0 Å². The van der Waals surface area contributed by atoms with E-state index in [0.717, 1.165) is 37.6 Å². The average molecular weight is 336 g/mol. The minimum absolute atomic E-state index is 0.398. The zero-order chi connectivity index (χ0) is 17.8. The van der Waals surface area contributed by atoms with Gasteiger partial charge in [-0.25, -0.2) is 9.97 Å². The molecule has 1 unspecified atom stereocenters. The van der Waals surface area contributed by atoms with E-state index < -0.39 is 0 Å². The van der Waals surface area contributed by atoms with Crippen LogP contribution in [-0.4, -0.2) is 50.2 Å². The summed E-state index contributed by atoms with van der Waals surface area (Å²) in [5, 5.41) is 8.96. The molecular weight excluding hydrogens is 312 g/mol. The second-order valence-electron chi connectivity index (χ2n) is 6.64. The van der Waals surface area contributed by atoms with E-state index in [9.17, 15) is 0 Å². The Hall–Kier alpha value is -2.81. The molecule has 1 saturated heterocycles. The lowest BCUT2D eigenvalue weighted by molar-refractivity contribution is 0.486. The van der Waals surface area contributed by atoms with Gasteiger partial charge < -0.3 is 14.7 Å². The van der Waals surface area contributed by atoms with Gasteiger partial charge in [-0.2, -0.15) is 5.26 Å². The summed E-state index contributed by atoms with van der Waals surface area (Å²) >= 11 is 0. The van der Waals surface area contributed by atoms with Gasteiger partial charge in [0, 0.05) is 52.0 Å². The van der Waals surface area contributed by atoms with Crippen LogP contribution in [0.3, 0.4) is 0 Å². The summed E-state index contributed by atoms with van der Waals surface area (Å²) in [5.41, 5.74) is 1.88. The second-order valence-corrected chi connectivity index (χ2v) is 6.64. The number of likely N-dealkylation sites (N-methyl/N-ethyl adjacent to an activating group) is 1. The Morgan fingerprint density at radius 3 is 2.52 bits per heavy atom. The zero-order valence-electron chi connectivity index (χ0n) is 15.1. The van der Waals surface area contributed by atoms with Crippen LogP contribution < -0.4 is 14.7 Å². The molecule has 0 aliphatic carbocycles. The van der Waals surface area contributed by atoms with Crippen molar-refractivity contribution in [3.8, 4) is 6.07 Å². The maximum atomic E-state index is 8.96. The highest BCUT2D eigenvalue weighted by atomic mass is 15.3. The van der Waals surface area contributed by atoms with Crippen LogP contribution in [0.5, 0.6) is 0 Å². The molecule has 0 spiro atoms. The fourth-order valence-corrected chi connectivity index (χ4v) is 3.21. The molecule has 2 aromatic rings. The van der Waals surface area contributed by atoms with Crippen molar-refractivity contribution >= 4 is 17.3 Å². The van der Waals surface area contributed by atoms with Crippen molar-refractivity contribution in [2.24, 2.45) is 0 Å². The molecule has 1 aromatic carbocycles. The van der Waals surface area contributed by atoms with Gasteiger partial charge in [-0.05, 0) is 37.1 Å². The van der Waals surface area contributed by atoms with Crippen LogP contribution in [0.1, 0.15) is 18.4 Å². The van der Waals surface area contributed by atoms with Gasteiger partial charge in [-0.1, -0.05) is 0 Å². The summed E-state index contributed by atoms with van der Waals surface area (Å²) in [6.45, 7) is 1.99. The Morgan fingerprint density at radius 1 is 1.12 bits per heavy atom. The van der Waals surface area contributed by atoms with E-state index in [2.05, 4.69) is 32.9 Å². The number of benzene rings is 1. The van der Waals surface area contributed by atoms with Gasteiger partial charge in [0.25, 0.3) is 0 Å². The first-order chi connectivity index (χ1) is 12.1. The highest BCUT2D eigenvalue weighted by Gasteiger charge is 2.24. The summed E-state index contributed by atoms with van der Waals surface area (Å²) < 4.78 is 0. The van der Waals surface area contributed by atoms with Gasteiger partial charge in [0.15, 0.2) is 0 Å². The largest absolute Gasteiger partial charge is 0.369 e. The van der Waals surface area contributed by atoms with Crippen LogP contribution >= 0.6 is 0 Å². The van der Waals surface area contributed by atoms with Crippen molar-refractivity contribution in [2.75, 3.05) is 48.9 Å². The number of piperidine rings is 1. The minimum atomic E-state index is 0.398. The molecule has 1 aliphatic rings. The lowest BCUT2D eigenvalue weighted by Crippen LogP contribution is -2.47. The molecule has 1 aromatic heterocycles. The number of anilines is 3. The van der Waals surface area contributed by atoms with Crippen LogP contribution in [0.15, 0.2) is 36.7 Å². The summed E-state index contributed by atoms with van der Waals surface area (Å²) in [4.78, 5) is 15.4. The smallest absolute Gasteiger partial charge is 0.134 e. The molecule has 0 radical (unpaired) electrons. The van der Waals surface area contributed by atoms with Gasteiger partial charge in [-0.15, -0.1) is 0 Å². The molecule has 6 heteroatoms. The quantitative estimate of drug-likeness (QED) is 0.855. The summed E-state index contributed by atoms with van der Waals surface area (Å²) in [7, 11) is 6.08. The minimum Gasteiger partial charge on any atom is -0.369 e. The van der Waals surface area contributed by atoms with Crippen molar-refractivity contribution in [1.29, 1.82) is 5.26 Å². The second kappa shape index (κ2) is 7.39. The molecule has 6 nitrogen and oxygen atoms in total. The fourth-order valence-electron chi connectivity index (χ4n) is 3.21. The van der Waals surface area contributed by atoms with E-state index in [1.807, 2.05) is 49.3 Å². The highest BCUT2D eigenvalue weighted by Crippen LogP contribution is 2.25. The maximum absolute atomic E-state index is 8.96. The normalized spacial score (nSPS) is 17.0. The first-order valence-electron chi connectivity index (χ1n) is 8.56. The standard InChI is InChI=1S/C19H24N6/c1-23(2)18-11-19(22-14-21-18)24(3)17-5-4-10-25(13-17)16-8-6-15(12-20)7-9-16/h6-9,11,14,17H,4-5,10,13H2,1-3H3. The highest BCUT2D eigenvalue weighted by molar-refractivity contribution is 5.52. The number of nitriles is 1. The van der Waals surface area contributed by atoms with Crippen LogP contribution in [0, 0.1) is 11.3 Å². The molecule has 130 valence electrons. The van der Waals surface area contributed by atoms with E-state index in [1.165, 1.54) is 5.69 Å². The summed E-state index contributed by atoms with van der Waals surface area (Å²) in [5.74, 6) is 1.86. The molecule has 3 rings (SSSR count). The average Bonchev–Trinajstić information content (AvgIpc) is 2.67. The molecule has 2 heterocycles. The van der Waals surface area contributed by atoms with Gasteiger partial charge in [0.05, 0.1) is 11.6 Å². The molecule has 0 amide bonds. The number of rotatable bonds is 4. The van der Waals surface area contributed by atoms with E-state index in [0.29, 0.717) is 11.6 Å². The number of hydrogen-bond acceptors (Lipinski definition) is 6. The molecular formula is C19H24N6. The predicted octanol–water partition coefficient (Wildman–Crippen LogP) is 2.52. The van der Waals surface area contributed by atoms with Crippen molar-refractivity contribution < 1.29 is 0 Å². The lowest BCUT2D eigenvalue weighted by atomic mass is 10.0. The molecule has 1 aliphatic heterocycles. The van der Waals surface area contributed by atoms with Crippen LogP contribution in [0.4, 0.5) is 17.3 Å². The number of aromatic nitrogens is 2. The van der Waals surface area contributed by atoms with Crippen molar-refractivity contribution in [1.82, 2.24) is 9.97 Å². The Kier molecular flexibility index (Phi) is 5.03. The third-order valence-electron chi connectivity index (χ3n) is 4.76. The molecule has 1 atom stereocenters. The molecule has 25 heavy (non-hydrogen) atoms. The van der Waals surface area contributed by atoms with Crippen LogP contribution in [0.2, 0.25) is 0 Å². The van der Waals surface area contributed by atoms with Gasteiger partial charge >= 0.3 is 0 Å². The fraction of sp³-hybridized carbons (Fsp3) is 0.421. The Balaban J connectivity index is 1.74. The maximum Gasteiger partial charge on any atom is 0.134 e. The van der Waals surface area contributed by atoms with Crippen LogP contribution in [0.25, 0.3) is 0 Å². The predicted molar refractivity (Wildman–Crippen MR) is 101 cm³/mol. The SMILES string of the molecule is CN(C)c1cc(N(C)C2CCCN(c3ccc(C#N)cc3)C2)ncn1. The van der Waals surface area contributed by atoms with E-state index in [-0.39, 0.29) is 0 Å². The third-order valence-corrected chi connectivity index (χ3v) is 4.76. The Bertz CT molecular complexity index is 749. The first kappa shape index (κ1) is 17.0. The van der Waals surface area contributed by atoms with Crippen molar-refractivity contribution in [3.05, 3.63) is 42.2 Å². The topological polar surface area (TPSA) is 59.3 Å². The molecule has 0 saturated carbocycles. The van der Waals surface area contributed by atoms with E-state index >= 15 is 0 Å². The van der Waals surface area contributed by atoms with Crippen molar-refractivity contribution in [2.45, 2.75) is 18.9 Å². The lowest BCUT2D eigenvalue weighted by Gasteiger charge is -2.39. The number of nitrogens with zero attached hydrogens (tertiary/aromatic N) is 6. The first-order valence-corrected chi connectivity index (χ1v) is 8.56. The van der Waals surface area contributed by atoms with Gasteiger partial charge in [-0.3, -0.25) is 0 Å². The van der Waals surface area contributed by atoms with Crippen molar-refractivity contribution in [3.63, 3.8) is 0 Å². The number of hydrogen-bond donors (Lipinski definition) is 0. The van der Waals surface area contributed by atoms with E-state index in [1.54, 1.807) is 6.33 Å². The molecule has 0 N–H and O–H groups in total. The monoisotopic (exact) mass is 336 g/mol. The Labute approximate surface area is 149 Å². The summed E-state index contributed by atoms with van der Waals surface area (Å²) in [6, 6.07) is 12.4. The van der Waals surface area contributed by atoms with Gasteiger partial charge in [0.1, 0.15) is 18.0 Å². The zero-order valence-corrected chi connectivity index (χ0v) is 15.1.